The molecule has 3 aromatic rings. The predicted octanol–water partition coefficient (Wildman–Crippen LogP) is 3.86. The lowest BCUT2D eigenvalue weighted by atomic mass is 10.2. The summed E-state index contributed by atoms with van der Waals surface area (Å²) in [4.78, 5) is 16.2. The van der Waals surface area contributed by atoms with E-state index in [9.17, 15) is 4.79 Å². The fourth-order valence-electron chi connectivity index (χ4n) is 2.14. The zero-order valence-corrected chi connectivity index (χ0v) is 16.6. The molecule has 0 aliphatic rings. The number of ether oxygens (including phenoxy) is 2. The van der Waals surface area contributed by atoms with Crippen LogP contribution in [0.15, 0.2) is 51.5 Å². The summed E-state index contributed by atoms with van der Waals surface area (Å²) in [6.45, 7) is -0.0488. The predicted molar refractivity (Wildman–Crippen MR) is 103 cm³/mol. The highest BCUT2D eigenvalue weighted by atomic mass is 79.9. The highest BCUT2D eigenvalue weighted by Gasteiger charge is 2.11. The van der Waals surface area contributed by atoms with E-state index in [4.69, 9.17) is 25.6 Å². The Morgan fingerprint density at radius 1 is 1.26 bits per heavy atom. The molecule has 0 atom stereocenters. The van der Waals surface area contributed by atoms with Gasteiger partial charge >= 0.3 is 0 Å². The smallest absolute Gasteiger partial charge is 0.258 e. The number of aromatic nitrogens is 2. The molecule has 1 amide bonds. The first-order valence-corrected chi connectivity index (χ1v) is 9.04. The third-order valence-electron chi connectivity index (χ3n) is 3.51. The largest absolute Gasteiger partial charge is 0.497 e. The van der Waals surface area contributed by atoms with Crippen molar-refractivity contribution in [1.82, 2.24) is 15.5 Å². The van der Waals surface area contributed by atoms with Gasteiger partial charge in [0.1, 0.15) is 11.5 Å². The molecule has 0 saturated carbocycles. The van der Waals surface area contributed by atoms with Crippen LogP contribution in [0.4, 0.5) is 0 Å². The number of benzene rings is 2. The number of methoxy groups -OCH3 is 1. The Balaban J connectivity index is 1.51. The molecule has 0 bridgehead atoms. The van der Waals surface area contributed by atoms with Crippen molar-refractivity contribution in [3.05, 3.63) is 57.9 Å². The third kappa shape index (κ3) is 5.21. The quantitative estimate of drug-likeness (QED) is 0.586. The van der Waals surface area contributed by atoms with Crippen LogP contribution in [-0.4, -0.2) is 29.8 Å². The van der Waals surface area contributed by atoms with Crippen LogP contribution in [0.5, 0.6) is 11.5 Å². The Morgan fingerprint density at radius 2 is 2.04 bits per heavy atom. The van der Waals surface area contributed by atoms with Crippen molar-refractivity contribution in [2.45, 2.75) is 6.54 Å². The topological polar surface area (TPSA) is 86.5 Å². The van der Waals surface area contributed by atoms with Crippen LogP contribution in [0.3, 0.4) is 0 Å². The molecule has 0 unspecified atom stereocenters. The molecule has 0 aliphatic heterocycles. The number of rotatable bonds is 7. The second-order valence-electron chi connectivity index (χ2n) is 5.38. The summed E-state index contributed by atoms with van der Waals surface area (Å²) in [7, 11) is 1.60. The molecule has 1 N–H and O–H groups in total. The maximum Gasteiger partial charge on any atom is 0.258 e. The maximum absolute atomic E-state index is 11.9. The molecule has 2 aromatic carbocycles. The van der Waals surface area contributed by atoms with Crippen LogP contribution in [0.1, 0.15) is 5.89 Å². The van der Waals surface area contributed by atoms with Gasteiger partial charge < -0.3 is 19.3 Å². The lowest BCUT2D eigenvalue weighted by Gasteiger charge is -2.08. The monoisotopic (exact) mass is 451 g/mol. The van der Waals surface area contributed by atoms with Gasteiger partial charge in [-0.15, -0.1) is 0 Å². The Morgan fingerprint density at radius 3 is 2.74 bits per heavy atom. The minimum Gasteiger partial charge on any atom is -0.497 e. The van der Waals surface area contributed by atoms with E-state index >= 15 is 0 Å². The van der Waals surface area contributed by atoms with Crippen molar-refractivity contribution in [3.8, 4) is 22.9 Å². The number of carbonyl (C=O) groups excluding carboxylic acids is 1. The van der Waals surface area contributed by atoms with Gasteiger partial charge in [0.2, 0.25) is 11.7 Å². The summed E-state index contributed by atoms with van der Waals surface area (Å²) in [6.07, 6.45) is 0. The molecule has 9 heteroatoms. The van der Waals surface area contributed by atoms with E-state index in [0.717, 1.165) is 11.3 Å². The fraction of sp³-hybridized carbons (Fsp3) is 0.167. The Bertz CT molecular complexity index is 931. The summed E-state index contributed by atoms with van der Waals surface area (Å²) >= 11 is 9.19. The second-order valence-corrected chi connectivity index (χ2v) is 6.67. The first-order valence-electron chi connectivity index (χ1n) is 7.86. The average molecular weight is 453 g/mol. The van der Waals surface area contributed by atoms with Crippen LogP contribution in [0.2, 0.25) is 5.02 Å². The van der Waals surface area contributed by atoms with E-state index in [1.165, 1.54) is 0 Å². The minimum atomic E-state index is -0.318. The summed E-state index contributed by atoms with van der Waals surface area (Å²) in [5.74, 6) is 1.67. The second kappa shape index (κ2) is 8.88. The van der Waals surface area contributed by atoms with Crippen molar-refractivity contribution in [3.63, 3.8) is 0 Å². The van der Waals surface area contributed by atoms with Gasteiger partial charge in [0.15, 0.2) is 6.61 Å². The molecule has 0 aliphatic carbocycles. The molecule has 1 aromatic heterocycles. The van der Waals surface area contributed by atoms with Crippen molar-refractivity contribution < 1.29 is 18.8 Å². The van der Waals surface area contributed by atoms with Gasteiger partial charge in [-0.1, -0.05) is 16.8 Å². The number of hydrogen-bond donors (Lipinski definition) is 1. The minimum absolute atomic E-state index is 0.104. The van der Waals surface area contributed by atoms with E-state index in [1.807, 2.05) is 12.1 Å². The third-order valence-corrected chi connectivity index (χ3v) is 4.36. The summed E-state index contributed by atoms with van der Waals surface area (Å²) in [6, 6.07) is 12.3. The molecular formula is C18H15BrClN3O4. The molecular weight excluding hydrogens is 438 g/mol. The van der Waals surface area contributed by atoms with Crippen LogP contribution >= 0.6 is 27.5 Å². The maximum atomic E-state index is 11.9. The molecule has 140 valence electrons. The van der Waals surface area contributed by atoms with Crippen LogP contribution in [-0.2, 0) is 11.3 Å². The van der Waals surface area contributed by atoms with Gasteiger partial charge in [-0.3, -0.25) is 4.79 Å². The van der Waals surface area contributed by atoms with Gasteiger partial charge in [-0.05, 0) is 58.4 Å². The molecule has 0 spiro atoms. The SMILES string of the molecule is COc1ccc(-c2noc(CNC(=O)COc3ccc(Cl)cc3Br)n2)cc1. The van der Waals surface area contributed by atoms with Gasteiger partial charge in [0.05, 0.1) is 18.1 Å². The average Bonchev–Trinajstić information content (AvgIpc) is 3.15. The Kier molecular flexibility index (Phi) is 6.31. The van der Waals surface area contributed by atoms with Gasteiger partial charge in [0.25, 0.3) is 5.91 Å². The van der Waals surface area contributed by atoms with Crippen LogP contribution in [0.25, 0.3) is 11.4 Å². The summed E-state index contributed by atoms with van der Waals surface area (Å²) < 4.78 is 16.4. The van der Waals surface area contributed by atoms with E-state index in [1.54, 1.807) is 37.4 Å². The number of amides is 1. The normalized spacial score (nSPS) is 10.5. The summed E-state index contributed by atoms with van der Waals surface area (Å²) in [5, 5.41) is 7.14. The number of hydrogen-bond acceptors (Lipinski definition) is 6. The molecule has 0 fully saturated rings. The van der Waals surface area contributed by atoms with E-state index in [0.29, 0.717) is 27.0 Å². The number of nitrogens with zero attached hydrogens (tertiary/aromatic N) is 2. The van der Waals surface area contributed by atoms with E-state index < -0.39 is 0 Å². The van der Waals surface area contributed by atoms with Gasteiger partial charge in [0, 0.05) is 10.6 Å². The highest BCUT2D eigenvalue weighted by molar-refractivity contribution is 9.10. The van der Waals surface area contributed by atoms with Crippen molar-refractivity contribution >= 4 is 33.4 Å². The van der Waals surface area contributed by atoms with Crippen molar-refractivity contribution in [1.29, 1.82) is 0 Å². The van der Waals surface area contributed by atoms with Crippen LogP contribution in [0, 0.1) is 0 Å². The molecule has 27 heavy (non-hydrogen) atoms. The number of halogens is 2. The van der Waals surface area contributed by atoms with E-state index in [2.05, 4.69) is 31.4 Å². The first kappa shape index (κ1) is 19.2. The number of nitrogens with one attached hydrogen (secondary N) is 1. The molecule has 0 saturated heterocycles. The molecule has 0 radical (unpaired) electrons. The Labute approximate surface area is 168 Å². The van der Waals surface area contributed by atoms with Crippen LogP contribution < -0.4 is 14.8 Å². The first-order chi connectivity index (χ1) is 13.0. The van der Waals surface area contributed by atoms with E-state index in [-0.39, 0.29) is 19.1 Å². The lowest BCUT2D eigenvalue weighted by Crippen LogP contribution is -2.28. The standard InChI is InChI=1S/C18H15BrClN3O4/c1-25-13-5-2-11(3-6-13)18-22-17(27-23-18)9-21-16(24)10-26-15-7-4-12(20)8-14(15)19/h2-8H,9-10H2,1H3,(H,21,24). The van der Waals surface area contributed by atoms with Crippen molar-refractivity contribution in [2.75, 3.05) is 13.7 Å². The van der Waals surface area contributed by atoms with Gasteiger partial charge in [-0.2, -0.15) is 4.98 Å². The molecule has 3 rings (SSSR count). The fourth-order valence-corrected chi connectivity index (χ4v) is 2.94. The molecule has 7 nitrogen and oxygen atoms in total. The highest BCUT2D eigenvalue weighted by Crippen LogP contribution is 2.27. The zero-order chi connectivity index (χ0) is 19.2. The number of carbonyl (C=O) groups is 1. The van der Waals surface area contributed by atoms with Gasteiger partial charge in [-0.25, -0.2) is 0 Å². The molecule has 1 heterocycles. The summed E-state index contributed by atoms with van der Waals surface area (Å²) in [5.41, 5.74) is 0.785. The Hall–Kier alpha value is -2.58. The lowest BCUT2D eigenvalue weighted by molar-refractivity contribution is -0.123. The van der Waals surface area contributed by atoms with Crippen molar-refractivity contribution in [2.24, 2.45) is 0 Å². The zero-order valence-electron chi connectivity index (χ0n) is 14.2.